The Balaban J connectivity index is 1.94. The molecule has 1 aromatic carbocycles. The minimum absolute atomic E-state index is 0.0546. The summed E-state index contributed by atoms with van der Waals surface area (Å²) in [5, 5.41) is 9.63. The number of carbonyl (C=O) groups excluding carboxylic acids is 2. The van der Waals surface area contributed by atoms with Gasteiger partial charge in [0.15, 0.2) is 6.29 Å². The summed E-state index contributed by atoms with van der Waals surface area (Å²) in [6.45, 7) is 2.96. The van der Waals surface area contributed by atoms with Crippen LogP contribution >= 0.6 is 0 Å². The van der Waals surface area contributed by atoms with Gasteiger partial charge in [-0.05, 0) is 5.56 Å². The number of benzene rings is 1. The van der Waals surface area contributed by atoms with Gasteiger partial charge in [0.1, 0.15) is 12.7 Å². The molecule has 1 heterocycles. The molecule has 1 N–H and O–H groups in total. The van der Waals surface area contributed by atoms with Gasteiger partial charge in [-0.1, -0.05) is 30.3 Å². The van der Waals surface area contributed by atoms with Crippen LogP contribution in [-0.4, -0.2) is 55.4 Å². The molecule has 0 saturated carbocycles. The first-order valence-corrected chi connectivity index (χ1v) is 8.71. The van der Waals surface area contributed by atoms with Gasteiger partial charge in [0.25, 0.3) is 0 Å². The Hall–Kier alpha value is -1.96. The first-order valence-electron chi connectivity index (χ1n) is 8.71. The van der Waals surface area contributed by atoms with Crippen molar-refractivity contribution in [1.29, 1.82) is 0 Å². The normalized spacial score (nSPS) is 23.9. The Kier molecular flexibility index (Phi) is 8.03. The van der Waals surface area contributed by atoms with Crippen molar-refractivity contribution in [3.05, 3.63) is 35.9 Å². The van der Waals surface area contributed by atoms with E-state index in [-0.39, 0.29) is 37.8 Å². The van der Waals surface area contributed by atoms with E-state index in [2.05, 4.69) is 0 Å². The Labute approximate surface area is 153 Å². The molecule has 0 bridgehead atoms. The van der Waals surface area contributed by atoms with E-state index >= 15 is 0 Å². The van der Waals surface area contributed by atoms with E-state index in [1.807, 2.05) is 30.3 Å². The van der Waals surface area contributed by atoms with Gasteiger partial charge >= 0.3 is 11.9 Å². The van der Waals surface area contributed by atoms with Crippen molar-refractivity contribution >= 4 is 11.9 Å². The largest absolute Gasteiger partial charge is 0.463 e. The number of rotatable bonds is 8. The number of aliphatic hydroxyl groups is 1. The van der Waals surface area contributed by atoms with Crippen molar-refractivity contribution in [2.45, 2.75) is 51.1 Å². The van der Waals surface area contributed by atoms with Gasteiger partial charge in [-0.25, -0.2) is 0 Å². The predicted molar refractivity (Wildman–Crippen MR) is 92.3 cm³/mol. The monoisotopic (exact) mass is 366 g/mol. The second-order valence-electron chi connectivity index (χ2n) is 6.32. The highest BCUT2D eigenvalue weighted by Crippen LogP contribution is 2.25. The third kappa shape index (κ3) is 6.74. The van der Waals surface area contributed by atoms with Crippen LogP contribution in [0.4, 0.5) is 0 Å². The van der Waals surface area contributed by atoms with Crippen molar-refractivity contribution in [3.63, 3.8) is 0 Å². The number of hydrogen-bond donors (Lipinski definition) is 1. The summed E-state index contributed by atoms with van der Waals surface area (Å²) in [5.74, 6) is -0.953. The summed E-state index contributed by atoms with van der Waals surface area (Å²) in [5.41, 5.74) is 0.971. The number of carbonyl (C=O) groups is 2. The maximum atomic E-state index is 11.3. The molecule has 0 radical (unpaired) electrons. The van der Waals surface area contributed by atoms with Gasteiger partial charge in [0.05, 0.1) is 19.3 Å². The fourth-order valence-electron chi connectivity index (χ4n) is 2.89. The molecule has 1 aliphatic rings. The molecule has 0 spiro atoms. The van der Waals surface area contributed by atoms with Crippen LogP contribution in [0.15, 0.2) is 30.3 Å². The Morgan fingerprint density at radius 1 is 1.19 bits per heavy atom. The van der Waals surface area contributed by atoms with Crippen LogP contribution in [0.1, 0.15) is 38.2 Å². The van der Waals surface area contributed by atoms with Gasteiger partial charge in [-0.15, -0.1) is 0 Å². The fourth-order valence-corrected chi connectivity index (χ4v) is 2.89. The van der Waals surface area contributed by atoms with Crippen molar-refractivity contribution in [3.8, 4) is 0 Å². The van der Waals surface area contributed by atoms with Gasteiger partial charge < -0.3 is 24.1 Å². The molecule has 0 aromatic heterocycles. The quantitative estimate of drug-likeness (QED) is 0.701. The molecular weight excluding hydrogens is 340 g/mol. The average Bonchev–Trinajstić information content (AvgIpc) is 2.61. The molecule has 1 aliphatic heterocycles. The summed E-state index contributed by atoms with van der Waals surface area (Å²) in [6, 6.07) is 9.57. The lowest BCUT2D eigenvalue weighted by atomic mass is 10.0. The summed E-state index contributed by atoms with van der Waals surface area (Å²) < 4.78 is 21.9. The second-order valence-corrected chi connectivity index (χ2v) is 6.32. The molecular formula is C19H26O7. The van der Waals surface area contributed by atoms with Crippen LogP contribution in [0, 0.1) is 0 Å². The summed E-state index contributed by atoms with van der Waals surface area (Å²) in [6.07, 6.45) is -0.549. The molecule has 2 rings (SSSR count). The Morgan fingerprint density at radius 3 is 2.54 bits per heavy atom. The Bertz CT molecular complexity index is 575. The minimum atomic E-state index is -0.605. The van der Waals surface area contributed by atoms with Crippen LogP contribution in [0.2, 0.25) is 0 Å². The first kappa shape index (κ1) is 20.4. The zero-order chi connectivity index (χ0) is 18.9. The predicted octanol–water partition coefficient (Wildman–Crippen LogP) is 1.78. The highest BCUT2D eigenvalue weighted by Gasteiger charge is 2.33. The lowest BCUT2D eigenvalue weighted by Gasteiger charge is -2.35. The van der Waals surface area contributed by atoms with E-state index in [9.17, 15) is 14.7 Å². The molecule has 7 heteroatoms. The topological polar surface area (TPSA) is 91.3 Å². The van der Waals surface area contributed by atoms with E-state index in [1.165, 1.54) is 13.8 Å². The number of esters is 2. The summed E-state index contributed by atoms with van der Waals surface area (Å²) in [7, 11) is 0. The van der Waals surface area contributed by atoms with Crippen LogP contribution in [-0.2, 0) is 28.5 Å². The summed E-state index contributed by atoms with van der Waals surface area (Å²) in [4.78, 5) is 22.3. The summed E-state index contributed by atoms with van der Waals surface area (Å²) >= 11 is 0. The van der Waals surface area contributed by atoms with Crippen LogP contribution in [0.3, 0.4) is 0 Å². The smallest absolute Gasteiger partial charge is 0.302 e. The maximum absolute atomic E-state index is 11.3. The van der Waals surface area contributed by atoms with Crippen LogP contribution in [0.25, 0.3) is 0 Å². The van der Waals surface area contributed by atoms with Gasteiger partial charge in [-0.2, -0.15) is 0 Å². The number of aliphatic hydroxyl groups excluding tert-OH is 1. The number of hydrogen-bond acceptors (Lipinski definition) is 7. The first-order chi connectivity index (χ1) is 12.5. The standard InChI is InChI=1S/C19H26O7/c1-13(21)23-12-18-8-17(25-14(2)22)9-19(26-18)24-11-16(10-20)15-6-4-3-5-7-15/h3-7,16-20H,8-12H2,1-2H3/t16?,17-,18-,19+/m0/s1. The van der Waals surface area contributed by atoms with Crippen LogP contribution < -0.4 is 0 Å². The molecule has 144 valence electrons. The van der Waals surface area contributed by atoms with Crippen molar-refractivity contribution in [1.82, 2.24) is 0 Å². The second kappa shape index (κ2) is 10.3. The molecule has 7 nitrogen and oxygen atoms in total. The van der Waals surface area contributed by atoms with E-state index in [1.54, 1.807) is 0 Å². The van der Waals surface area contributed by atoms with Crippen molar-refractivity contribution < 1.29 is 33.6 Å². The molecule has 1 fully saturated rings. The molecule has 1 unspecified atom stereocenters. The third-order valence-electron chi connectivity index (χ3n) is 4.11. The van der Waals surface area contributed by atoms with E-state index in [0.29, 0.717) is 12.8 Å². The van der Waals surface area contributed by atoms with Gasteiger partial charge in [-0.3, -0.25) is 9.59 Å². The lowest BCUT2D eigenvalue weighted by Crippen LogP contribution is -2.41. The molecule has 1 saturated heterocycles. The zero-order valence-electron chi connectivity index (χ0n) is 15.1. The molecule has 26 heavy (non-hydrogen) atoms. The third-order valence-corrected chi connectivity index (χ3v) is 4.11. The van der Waals surface area contributed by atoms with E-state index in [4.69, 9.17) is 18.9 Å². The minimum Gasteiger partial charge on any atom is -0.463 e. The van der Waals surface area contributed by atoms with E-state index in [0.717, 1.165) is 5.56 Å². The fraction of sp³-hybridized carbons (Fsp3) is 0.579. The molecule has 0 amide bonds. The number of ether oxygens (including phenoxy) is 4. The molecule has 4 atom stereocenters. The van der Waals surface area contributed by atoms with Crippen molar-refractivity contribution in [2.75, 3.05) is 19.8 Å². The average molecular weight is 366 g/mol. The highest BCUT2D eigenvalue weighted by atomic mass is 16.7. The Morgan fingerprint density at radius 2 is 1.92 bits per heavy atom. The van der Waals surface area contributed by atoms with Gasteiger partial charge in [0, 0.05) is 32.6 Å². The highest BCUT2D eigenvalue weighted by molar-refractivity contribution is 5.66. The van der Waals surface area contributed by atoms with Crippen molar-refractivity contribution in [2.24, 2.45) is 0 Å². The van der Waals surface area contributed by atoms with Gasteiger partial charge in [0.2, 0.25) is 0 Å². The zero-order valence-corrected chi connectivity index (χ0v) is 15.1. The van der Waals surface area contributed by atoms with E-state index < -0.39 is 18.4 Å². The van der Waals surface area contributed by atoms with Crippen LogP contribution in [0.5, 0.6) is 0 Å². The maximum Gasteiger partial charge on any atom is 0.302 e. The lowest BCUT2D eigenvalue weighted by molar-refractivity contribution is -0.231. The molecule has 1 aromatic rings. The molecule has 0 aliphatic carbocycles. The SMILES string of the molecule is CC(=O)OC[C@@H]1C[C@H](OC(C)=O)C[C@H](OCC(CO)c2ccccc2)O1.